The molecule has 3 aromatic rings. The maximum atomic E-state index is 13.0. The molecule has 27 heavy (non-hydrogen) atoms. The van der Waals surface area contributed by atoms with Crippen LogP contribution in [0.25, 0.3) is 11.0 Å². The molecular formula is C20H26N6O. The van der Waals surface area contributed by atoms with Crippen LogP contribution in [0.5, 0.6) is 0 Å². The highest BCUT2D eigenvalue weighted by atomic mass is 16.1. The Kier molecular flexibility index (Phi) is 4.68. The Morgan fingerprint density at radius 1 is 1.37 bits per heavy atom. The SMILES string of the molecule is CCCCn1nc(C)c2c(C(=O)NCc3cnn(C)c3)cc(C3CC3)nc21. The van der Waals surface area contributed by atoms with Gasteiger partial charge in [0.15, 0.2) is 5.65 Å². The Balaban J connectivity index is 1.69. The molecule has 3 aromatic heterocycles. The zero-order valence-corrected chi connectivity index (χ0v) is 16.2. The minimum Gasteiger partial charge on any atom is -0.348 e. The minimum atomic E-state index is -0.0775. The number of pyridine rings is 1. The molecule has 4 rings (SSSR count). The van der Waals surface area contributed by atoms with E-state index in [-0.39, 0.29) is 5.91 Å². The lowest BCUT2D eigenvalue weighted by Crippen LogP contribution is -2.23. The van der Waals surface area contributed by atoms with Crippen molar-refractivity contribution in [2.45, 2.75) is 58.5 Å². The second-order valence-corrected chi connectivity index (χ2v) is 7.43. The van der Waals surface area contributed by atoms with Crippen LogP contribution in [0.15, 0.2) is 18.5 Å². The van der Waals surface area contributed by atoms with Crippen LogP contribution in [-0.2, 0) is 20.1 Å². The first-order valence-electron chi connectivity index (χ1n) is 9.70. The molecule has 3 heterocycles. The van der Waals surface area contributed by atoms with Crippen molar-refractivity contribution < 1.29 is 4.79 Å². The van der Waals surface area contributed by atoms with Gasteiger partial charge in [0, 0.05) is 43.5 Å². The summed E-state index contributed by atoms with van der Waals surface area (Å²) in [6.07, 6.45) is 8.13. The number of nitrogens with one attached hydrogen (secondary N) is 1. The van der Waals surface area contributed by atoms with E-state index in [1.54, 1.807) is 10.9 Å². The van der Waals surface area contributed by atoms with Crippen LogP contribution in [0.3, 0.4) is 0 Å². The van der Waals surface area contributed by atoms with E-state index >= 15 is 0 Å². The molecule has 0 bridgehead atoms. The largest absolute Gasteiger partial charge is 0.348 e. The Labute approximate surface area is 158 Å². The Morgan fingerprint density at radius 3 is 2.85 bits per heavy atom. The maximum absolute atomic E-state index is 13.0. The molecule has 0 saturated heterocycles. The van der Waals surface area contributed by atoms with Gasteiger partial charge >= 0.3 is 0 Å². The number of aromatic nitrogens is 5. The van der Waals surface area contributed by atoms with Gasteiger partial charge in [-0.25, -0.2) is 9.67 Å². The molecule has 0 unspecified atom stereocenters. The van der Waals surface area contributed by atoms with Crippen LogP contribution in [0.1, 0.15) is 65.8 Å². The average molecular weight is 366 g/mol. The van der Waals surface area contributed by atoms with Gasteiger partial charge in [0.2, 0.25) is 0 Å². The molecule has 7 nitrogen and oxygen atoms in total. The van der Waals surface area contributed by atoms with Gasteiger partial charge in [-0.3, -0.25) is 9.48 Å². The van der Waals surface area contributed by atoms with Crippen molar-refractivity contribution in [1.82, 2.24) is 29.9 Å². The topological polar surface area (TPSA) is 77.6 Å². The Bertz CT molecular complexity index is 982. The summed E-state index contributed by atoms with van der Waals surface area (Å²) in [5.41, 5.74) is 4.39. The van der Waals surface area contributed by atoms with Crippen molar-refractivity contribution in [3.05, 3.63) is 41.0 Å². The third-order valence-corrected chi connectivity index (χ3v) is 5.07. The van der Waals surface area contributed by atoms with E-state index in [1.165, 1.54) is 0 Å². The Hall–Kier alpha value is -2.70. The summed E-state index contributed by atoms with van der Waals surface area (Å²) in [6, 6.07) is 1.97. The molecule has 0 aromatic carbocycles. The molecule has 0 spiro atoms. The van der Waals surface area contributed by atoms with Crippen molar-refractivity contribution in [3.8, 4) is 0 Å². The zero-order chi connectivity index (χ0) is 19.0. The van der Waals surface area contributed by atoms with Crippen molar-refractivity contribution in [2.24, 2.45) is 7.05 Å². The second-order valence-electron chi connectivity index (χ2n) is 7.43. The fourth-order valence-corrected chi connectivity index (χ4v) is 3.44. The first kappa shape index (κ1) is 17.7. The van der Waals surface area contributed by atoms with Gasteiger partial charge in [0.25, 0.3) is 5.91 Å². The molecule has 1 aliphatic rings. The molecule has 0 radical (unpaired) electrons. The third-order valence-electron chi connectivity index (χ3n) is 5.07. The summed E-state index contributed by atoms with van der Waals surface area (Å²) >= 11 is 0. The van der Waals surface area contributed by atoms with Gasteiger partial charge in [-0.2, -0.15) is 10.2 Å². The summed E-state index contributed by atoms with van der Waals surface area (Å²) in [7, 11) is 1.87. The smallest absolute Gasteiger partial charge is 0.252 e. The monoisotopic (exact) mass is 366 g/mol. The van der Waals surface area contributed by atoms with E-state index in [0.29, 0.717) is 18.0 Å². The maximum Gasteiger partial charge on any atom is 0.252 e. The van der Waals surface area contributed by atoms with E-state index < -0.39 is 0 Å². The van der Waals surface area contributed by atoms with Gasteiger partial charge in [0.05, 0.1) is 22.8 Å². The summed E-state index contributed by atoms with van der Waals surface area (Å²) in [5, 5.41) is 12.7. The normalized spacial score (nSPS) is 14.0. The number of aryl methyl sites for hydroxylation is 3. The van der Waals surface area contributed by atoms with E-state index in [0.717, 1.165) is 60.2 Å². The average Bonchev–Trinajstić information content (AvgIpc) is 3.36. The van der Waals surface area contributed by atoms with E-state index in [2.05, 4.69) is 22.4 Å². The van der Waals surface area contributed by atoms with Crippen molar-refractivity contribution in [3.63, 3.8) is 0 Å². The molecule has 142 valence electrons. The minimum absolute atomic E-state index is 0.0775. The van der Waals surface area contributed by atoms with Crippen LogP contribution in [0.4, 0.5) is 0 Å². The van der Waals surface area contributed by atoms with Crippen LogP contribution < -0.4 is 5.32 Å². The quantitative estimate of drug-likeness (QED) is 0.697. The number of amides is 1. The molecule has 1 saturated carbocycles. The standard InChI is InChI=1S/C20H26N6O/c1-4-5-8-26-19-18(13(2)24-26)16(9-17(23-19)15-6-7-15)20(27)21-10-14-11-22-25(3)12-14/h9,11-12,15H,4-8,10H2,1-3H3,(H,21,27). The van der Waals surface area contributed by atoms with Crippen molar-refractivity contribution in [1.29, 1.82) is 0 Å². The number of rotatable bonds is 7. The second kappa shape index (κ2) is 7.13. The lowest BCUT2D eigenvalue weighted by molar-refractivity contribution is 0.0952. The number of nitrogens with zero attached hydrogens (tertiary/aromatic N) is 5. The first-order chi connectivity index (χ1) is 13.1. The number of fused-ring (bicyclic) bond motifs is 1. The fourth-order valence-electron chi connectivity index (χ4n) is 3.44. The lowest BCUT2D eigenvalue weighted by Gasteiger charge is -2.09. The first-order valence-corrected chi connectivity index (χ1v) is 9.70. The highest BCUT2D eigenvalue weighted by molar-refractivity contribution is 6.06. The highest BCUT2D eigenvalue weighted by Gasteiger charge is 2.28. The molecular weight excluding hydrogens is 340 g/mol. The number of unbranched alkanes of at least 4 members (excludes halogenated alkanes) is 1. The highest BCUT2D eigenvalue weighted by Crippen LogP contribution is 2.40. The molecule has 1 fully saturated rings. The van der Waals surface area contributed by atoms with Crippen LogP contribution in [-0.4, -0.2) is 30.5 Å². The molecule has 0 aliphatic heterocycles. The van der Waals surface area contributed by atoms with Gasteiger partial charge in [-0.05, 0) is 32.3 Å². The summed E-state index contributed by atoms with van der Waals surface area (Å²) < 4.78 is 3.71. The van der Waals surface area contributed by atoms with Gasteiger partial charge in [0.1, 0.15) is 0 Å². The summed E-state index contributed by atoms with van der Waals surface area (Å²) in [6.45, 7) is 5.41. The van der Waals surface area contributed by atoms with Crippen molar-refractivity contribution in [2.75, 3.05) is 0 Å². The molecule has 7 heteroatoms. The number of carbonyl (C=O) groups excluding carboxylic acids is 1. The molecule has 1 aliphatic carbocycles. The predicted molar refractivity (Wildman–Crippen MR) is 104 cm³/mol. The number of hydrogen-bond donors (Lipinski definition) is 1. The van der Waals surface area contributed by atoms with Crippen LogP contribution in [0.2, 0.25) is 0 Å². The van der Waals surface area contributed by atoms with Gasteiger partial charge in [-0.15, -0.1) is 0 Å². The number of hydrogen-bond acceptors (Lipinski definition) is 4. The lowest BCUT2D eigenvalue weighted by atomic mass is 10.1. The summed E-state index contributed by atoms with van der Waals surface area (Å²) in [5.74, 6) is 0.403. The predicted octanol–water partition coefficient (Wildman–Crippen LogP) is 3.08. The van der Waals surface area contributed by atoms with Gasteiger partial charge < -0.3 is 5.32 Å². The van der Waals surface area contributed by atoms with Gasteiger partial charge in [-0.1, -0.05) is 13.3 Å². The van der Waals surface area contributed by atoms with E-state index in [9.17, 15) is 4.79 Å². The van der Waals surface area contributed by atoms with Crippen molar-refractivity contribution >= 4 is 16.9 Å². The van der Waals surface area contributed by atoms with Crippen LogP contribution in [0, 0.1) is 6.92 Å². The number of carbonyl (C=O) groups is 1. The van der Waals surface area contributed by atoms with E-state index in [4.69, 9.17) is 4.98 Å². The zero-order valence-electron chi connectivity index (χ0n) is 16.2. The summed E-state index contributed by atoms with van der Waals surface area (Å²) in [4.78, 5) is 17.9. The molecule has 1 N–H and O–H groups in total. The Morgan fingerprint density at radius 2 is 2.19 bits per heavy atom. The molecule has 0 atom stereocenters. The third kappa shape index (κ3) is 3.59. The van der Waals surface area contributed by atoms with Crippen LogP contribution >= 0.6 is 0 Å². The van der Waals surface area contributed by atoms with E-state index in [1.807, 2.05) is 30.9 Å². The fraction of sp³-hybridized carbons (Fsp3) is 0.500. The molecule has 1 amide bonds.